The van der Waals surface area contributed by atoms with E-state index in [0.29, 0.717) is 12.0 Å². The van der Waals surface area contributed by atoms with E-state index < -0.39 is 0 Å². The van der Waals surface area contributed by atoms with E-state index in [1.54, 1.807) is 18.2 Å². The van der Waals surface area contributed by atoms with Gasteiger partial charge in [-0.1, -0.05) is 12.8 Å². The van der Waals surface area contributed by atoms with Crippen LogP contribution in [0.25, 0.3) is 0 Å². The zero-order valence-electron chi connectivity index (χ0n) is 11.9. The lowest BCUT2D eigenvalue weighted by molar-refractivity contribution is -0.117. The van der Waals surface area contributed by atoms with Crippen molar-refractivity contribution < 1.29 is 9.90 Å². The summed E-state index contributed by atoms with van der Waals surface area (Å²) in [7, 11) is 0. The van der Waals surface area contributed by atoms with E-state index >= 15 is 0 Å². The maximum Gasteiger partial charge on any atom is 0.241 e. The predicted molar refractivity (Wildman–Crippen MR) is 78.8 cm³/mol. The van der Waals surface area contributed by atoms with Crippen molar-refractivity contribution in [2.45, 2.75) is 51.1 Å². The molecule has 4 nitrogen and oxygen atoms in total. The van der Waals surface area contributed by atoms with Gasteiger partial charge in [0.2, 0.25) is 5.91 Å². The molecule has 1 aliphatic heterocycles. The van der Waals surface area contributed by atoms with Gasteiger partial charge in [0.1, 0.15) is 5.75 Å². The van der Waals surface area contributed by atoms with Gasteiger partial charge >= 0.3 is 0 Å². The molecule has 0 radical (unpaired) electrons. The van der Waals surface area contributed by atoms with E-state index in [2.05, 4.69) is 10.6 Å². The number of aryl methyl sites for hydroxylation is 1. The summed E-state index contributed by atoms with van der Waals surface area (Å²) in [4.78, 5) is 12.4. The van der Waals surface area contributed by atoms with Crippen molar-refractivity contribution in [3.63, 3.8) is 0 Å². The number of carbonyl (C=O) groups excluding carboxylic acids is 1. The maximum absolute atomic E-state index is 12.4. The van der Waals surface area contributed by atoms with Gasteiger partial charge in [-0.2, -0.15) is 0 Å². The van der Waals surface area contributed by atoms with Crippen molar-refractivity contribution in [3.8, 4) is 5.75 Å². The van der Waals surface area contributed by atoms with Crippen LogP contribution in [-0.2, 0) is 4.79 Å². The van der Waals surface area contributed by atoms with E-state index in [4.69, 9.17) is 0 Å². The number of phenols is 1. The standard InChI is InChI=1S/C16H22N2O2/c1-10-8-12(19)6-7-13(10)18-16(20)15-9-11-4-2-3-5-14(11)17-15/h6-8,11,14-15,17,19H,2-5,9H2,1H3,(H,18,20). The Labute approximate surface area is 119 Å². The molecule has 2 fully saturated rings. The van der Waals surface area contributed by atoms with Crippen LogP contribution in [0.2, 0.25) is 0 Å². The molecule has 1 saturated heterocycles. The Morgan fingerprint density at radius 3 is 2.90 bits per heavy atom. The molecular formula is C16H22N2O2. The fourth-order valence-electron chi connectivity index (χ4n) is 3.53. The van der Waals surface area contributed by atoms with Gasteiger partial charge in [-0.3, -0.25) is 4.79 Å². The minimum Gasteiger partial charge on any atom is -0.508 e. The molecule has 3 rings (SSSR count). The summed E-state index contributed by atoms with van der Waals surface area (Å²) in [6, 6.07) is 5.48. The number of fused-ring (bicyclic) bond motifs is 1. The molecule has 0 aromatic heterocycles. The Morgan fingerprint density at radius 1 is 1.35 bits per heavy atom. The molecule has 4 heteroatoms. The Balaban J connectivity index is 1.65. The molecule has 1 amide bonds. The number of aromatic hydroxyl groups is 1. The summed E-state index contributed by atoms with van der Waals surface area (Å²) in [5.41, 5.74) is 1.67. The van der Waals surface area contributed by atoms with Crippen LogP contribution >= 0.6 is 0 Å². The van der Waals surface area contributed by atoms with Crippen LogP contribution in [0.15, 0.2) is 18.2 Å². The lowest BCUT2D eigenvalue weighted by Crippen LogP contribution is -2.40. The topological polar surface area (TPSA) is 61.4 Å². The summed E-state index contributed by atoms with van der Waals surface area (Å²) in [5, 5.41) is 15.9. The highest BCUT2D eigenvalue weighted by Crippen LogP contribution is 2.33. The highest BCUT2D eigenvalue weighted by atomic mass is 16.3. The van der Waals surface area contributed by atoms with Crippen molar-refractivity contribution in [2.75, 3.05) is 5.32 Å². The Morgan fingerprint density at radius 2 is 2.15 bits per heavy atom. The van der Waals surface area contributed by atoms with Crippen LogP contribution in [0, 0.1) is 12.8 Å². The van der Waals surface area contributed by atoms with E-state index in [0.717, 1.165) is 17.7 Å². The van der Waals surface area contributed by atoms with Gasteiger partial charge in [0.25, 0.3) is 0 Å². The predicted octanol–water partition coefficient (Wildman–Crippen LogP) is 2.56. The molecule has 0 bridgehead atoms. The summed E-state index contributed by atoms with van der Waals surface area (Å²) in [6.07, 6.45) is 5.98. The van der Waals surface area contributed by atoms with Crippen LogP contribution in [-0.4, -0.2) is 23.1 Å². The number of benzene rings is 1. The number of rotatable bonds is 2. The van der Waals surface area contributed by atoms with Crippen LogP contribution in [0.1, 0.15) is 37.7 Å². The summed E-state index contributed by atoms with van der Waals surface area (Å²) in [5.74, 6) is 0.944. The first-order valence-corrected chi connectivity index (χ1v) is 7.50. The fraction of sp³-hybridized carbons (Fsp3) is 0.562. The van der Waals surface area contributed by atoms with Gasteiger partial charge < -0.3 is 15.7 Å². The average molecular weight is 274 g/mol. The molecule has 1 aromatic carbocycles. The van der Waals surface area contributed by atoms with Crippen LogP contribution in [0.3, 0.4) is 0 Å². The van der Waals surface area contributed by atoms with E-state index in [1.807, 2.05) is 6.92 Å². The van der Waals surface area contributed by atoms with Gasteiger partial charge in [0, 0.05) is 11.7 Å². The van der Waals surface area contributed by atoms with Gasteiger partial charge in [-0.05, 0) is 55.9 Å². The molecule has 20 heavy (non-hydrogen) atoms. The molecule has 3 N–H and O–H groups in total. The second-order valence-corrected chi connectivity index (χ2v) is 6.09. The van der Waals surface area contributed by atoms with Gasteiger partial charge in [0.15, 0.2) is 0 Å². The highest BCUT2D eigenvalue weighted by molar-refractivity contribution is 5.95. The van der Waals surface area contributed by atoms with Crippen molar-refractivity contribution in [1.82, 2.24) is 5.32 Å². The number of amides is 1. The van der Waals surface area contributed by atoms with Crippen molar-refractivity contribution >= 4 is 11.6 Å². The SMILES string of the molecule is Cc1cc(O)ccc1NC(=O)C1CC2CCCCC2N1. The van der Waals surface area contributed by atoms with Crippen molar-refractivity contribution in [3.05, 3.63) is 23.8 Å². The second kappa shape index (κ2) is 5.44. The third-order valence-electron chi connectivity index (χ3n) is 4.65. The number of anilines is 1. The maximum atomic E-state index is 12.4. The number of nitrogens with one attached hydrogen (secondary N) is 2. The van der Waals surface area contributed by atoms with E-state index in [-0.39, 0.29) is 17.7 Å². The normalized spacial score (nSPS) is 28.9. The number of carbonyl (C=O) groups is 1. The number of hydrogen-bond donors (Lipinski definition) is 3. The fourth-order valence-corrected chi connectivity index (χ4v) is 3.53. The summed E-state index contributed by atoms with van der Waals surface area (Å²) in [6.45, 7) is 1.89. The Bertz CT molecular complexity index is 501. The minimum absolute atomic E-state index is 0.0492. The molecule has 1 heterocycles. The van der Waals surface area contributed by atoms with E-state index in [1.165, 1.54) is 25.7 Å². The van der Waals surface area contributed by atoms with Gasteiger partial charge in [-0.25, -0.2) is 0 Å². The molecule has 2 aliphatic rings. The molecule has 0 spiro atoms. The molecule has 3 atom stereocenters. The summed E-state index contributed by atoms with van der Waals surface area (Å²) < 4.78 is 0. The smallest absolute Gasteiger partial charge is 0.241 e. The van der Waals surface area contributed by atoms with Gasteiger partial charge in [0.05, 0.1) is 6.04 Å². The van der Waals surface area contributed by atoms with Crippen molar-refractivity contribution in [1.29, 1.82) is 0 Å². The average Bonchev–Trinajstić information content (AvgIpc) is 2.86. The third-order valence-corrected chi connectivity index (χ3v) is 4.65. The van der Waals surface area contributed by atoms with Gasteiger partial charge in [-0.15, -0.1) is 0 Å². The van der Waals surface area contributed by atoms with Crippen LogP contribution < -0.4 is 10.6 Å². The highest BCUT2D eigenvalue weighted by Gasteiger charge is 2.38. The lowest BCUT2D eigenvalue weighted by Gasteiger charge is -2.24. The Hall–Kier alpha value is -1.55. The molecule has 1 aromatic rings. The largest absolute Gasteiger partial charge is 0.508 e. The number of hydrogen-bond acceptors (Lipinski definition) is 3. The van der Waals surface area contributed by atoms with Crippen LogP contribution in [0.5, 0.6) is 5.75 Å². The molecular weight excluding hydrogens is 252 g/mol. The molecule has 3 unspecified atom stereocenters. The molecule has 108 valence electrons. The number of phenolic OH excluding ortho intramolecular Hbond substituents is 1. The first-order chi connectivity index (χ1) is 9.63. The van der Waals surface area contributed by atoms with Crippen molar-refractivity contribution in [2.24, 2.45) is 5.92 Å². The monoisotopic (exact) mass is 274 g/mol. The zero-order valence-corrected chi connectivity index (χ0v) is 11.9. The van der Waals surface area contributed by atoms with Crippen LogP contribution in [0.4, 0.5) is 5.69 Å². The first kappa shape index (κ1) is 13.4. The minimum atomic E-state index is -0.0729. The van der Waals surface area contributed by atoms with E-state index in [9.17, 15) is 9.90 Å². The molecule has 1 saturated carbocycles. The second-order valence-electron chi connectivity index (χ2n) is 6.09. The summed E-state index contributed by atoms with van der Waals surface area (Å²) >= 11 is 0. The zero-order chi connectivity index (χ0) is 14.1. The lowest BCUT2D eigenvalue weighted by atomic mass is 9.85. The first-order valence-electron chi connectivity index (χ1n) is 7.50. The third kappa shape index (κ3) is 2.66. The quantitative estimate of drug-likeness (QED) is 0.726. The molecule has 1 aliphatic carbocycles. The Kier molecular flexibility index (Phi) is 3.66.